The molecule has 2 N–H and O–H groups in total. The highest BCUT2D eigenvalue weighted by Crippen LogP contribution is 2.04. The van der Waals surface area contributed by atoms with Gasteiger partial charge in [0.1, 0.15) is 0 Å². The number of sulfonamides is 1. The van der Waals surface area contributed by atoms with Crippen molar-refractivity contribution in [2.24, 2.45) is 0 Å². The van der Waals surface area contributed by atoms with Gasteiger partial charge in [-0.05, 0) is 38.8 Å². The van der Waals surface area contributed by atoms with Crippen LogP contribution in [0.1, 0.15) is 27.2 Å². The molecule has 98 valence electrons. The summed E-state index contributed by atoms with van der Waals surface area (Å²) in [5.74, 6) is 0.977. The van der Waals surface area contributed by atoms with Gasteiger partial charge in [-0.25, -0.2) is 13.1 Å². The van der Waals surface area contributed by atoms with E-state index in [1.165, 1.54) is 0 Å². The van der Waals surface area contributed by atoms with Gasteiger partial charge >= 0.3 is 0 Å². The zero-order chi connectivity index (χ0) is 12.6. The molecule has 0 heterocycles. The molecule has 0 aliphatic carbocycles. The first-order chi connectivity index (χ1) is 7.44. The Labute approximate surface area is 104 Å². The maximum Gasteiger partial charge on any atom is 0.215 e. The number of thioether (sulfide) groups is 1. The van der Waals surface area contributed by atoms with Gasteiger partial charge in [-0.2, -0.15) is 11.8 Å². The van der Waals surface area contributed by atoms with Crippen molar-refractivity contribution in [3.63, 3.8) is 0 Å². The summed E-state index contributed by atoms with van der Waals surface area (Å²) in [6.45, 7) is 6.90. The third-order valence-electron chi connectivity index (χ3n) is 2.33. The molecule has 0 aromatic rings. The van der Waals surface area contributed by atoms with Crippen LogP contribution in [0.25, 0.3) is 0 Å². The molecule has 0 aromatic carbocycles. The molecule has 0 bridgehead atoms. The summed E-state index contributed by atoms with van der Waals surface area (Å²) in [5.41, 5.74) is 0. The summed E-state index contributed by atoms with van der Waals surface area (Å²) in [6.07, 6.45) is 2.89. The first kappa shape index (κ1) is 16.2. The maximum atomic E-state index is 11.9. The van der Waals surface area contributed by atoms with Crippen LogP contribution >= 0.6 is 11.8 Å². The molecule has 6 heteroatoms. The van der Waals surface area contributed by atoms with Gasteiger partial charge in [-0.3, -0.25) is 0 Å². The van der Waals surface area contributed by atoms with Gasteiger partial charge in [0.2, 0.25) is 10.0 Å². The van der Waals surface area contributed by atoms with Crippen molar-refractivity contribution in [2.75, 3.05) is 25.1 Å². The van der Waals surface area contributed by atoms with Gasteiger partial charge < -0.3 is 5.32 Å². The van der Waals surface area contributed by atoms with Gasteiger partial charge in [-0.1, -0.05) is 6.92 Å². The molecule has 0 saturated heterocycles. The lowest BCUT2D eigenvalue weighted by molar-refractivity contribution is 0.539. The average Bonchev–Trinajstić information content (AvgIpc) is 2.22. The van der Waals surface area contributed by atoms with Crippen LogP contribution in [0.5, 0.6) is 0 Å². The monoisotopic (exact) mass is 268 g/mol. The fraction of sp³-hybridized carbons (Fsp3) is 1.00. The summed E-state index contributed by atoms with van der Waals surface area (Å²) < 4.78 is 26.4. The Morgan fingerprint density at radius 2 is 1.94 bits per heavy atom. The van der Waals surface area contributed by atoms with Gasteiger partial charge in [0.05, 0.1) is 5.25 Å². The Kier molecular flexibility index (Phi) is 8.45. The van der Waals surface area contributed by atoms with Crippen LogP contribution < -0.4 is 10.0 Å². The van der Waals surface area contributed by atoms with E-state index in [9.17, 15) is 8.42 Å². The van der Waals surface area contributed by atoms with E-state index < -0.39 is 10.0 Å². The van der Waals surface area contributed by atoms with Crippen molar-refractivity contribution in [1.82, 2.24) is 10.0 Å². The third-order valence-corrected chi connectivity index (χ3v) is 4.93. The molecular weight excluding hydrogens is 244 g/mol. The quantitative estimate of drug-likeness (QED) is 0.656. The minimum Gasteiger partial charge on any atom is -0.316 e. The summed E-state index contributed by atoms with van der Waals surface area (Å²) in [4.78, 5) is 0. The van der Waals surface area contributed by atoms with Crippen molar-refractivity contribution < 1.29 is 8.42 Å². The summed E-state index contributed by atoms with van der Waals surface area (Å²) in [6, 6.07) is 0.0153. The lowest BCUT2D eigenvalue weighted by atomic mass is 10.3. The van der Waals surface area contributed by atoms with Crippen LogP contribution in [0.15, 0.2) is 0 Å². The highest BCUT2D eigenvalue weighted by molar-refractivity contribution is 7.98. The summed E-state index contributed by atoms with van der Waals surface area (Å²) in [7, 11) is -3.18. The molecule has 2 atom stereocenters. The topological polar surface area (TPSA) is 58.2 Å². The van der Waals surface area contributed by atoms with Crippen LogP contribution in [-0.2, 0) is 10.0 Å². The van der Waals surface area contributed by atoms with E-state index in [2.05, 4.69) is 10.0 Å². The van der Waals surface area contributed by atoms with Gasteiger partial charge in [-0.15, -0.1) is 0 Å². The van der Waals surface area contributed by atoms with E-state index in [0.29, 0.717) is 6.54 Å². The Hall–Kier alpha value is 0.220. The molecule has 0 amide bonds. The molecule has 0 aliphatic heterocycles. The minimum absolute atomic E-state index is 0.0153. The van der Waals surface area contributed by atoms with E-state index in [1.807, 2.05) is 20.1 Å². The molecular formula is C10H24N2O2S2. The SMILES string of the molecule is CCNCC(C)S(=O)(=O)NC(C)CCSC. The van der Waals surface area contributed by atoms with Crippen molar-refractivity contribution in [1.29, 1.82) is 0 Å². The largest absolute Gasteiger partial charge is 0.316 e. The lowest BCUT2D eigenvalue weighted by Gasteiger charge is -2.18. The smallest absolute Gasteiger partial charge is 0.215 e. The molecule has 2 unspecified atom stereocenters. The number of hydrogen-bond acceptors (Lipinski definition) is 4. The second-order valence-electron chi connectivity index (χ2n) is 3.96. The van der Waals surface area contributed by atoms with Gasteiger partial charge in [0.25, 0.3) is 0 Å². The third kappa shape index (κ3) is 6.73. The van der Waals surface area contributed by atoms with Crippen LogP contribution in [0.3, 0.4) is 0 Å². The molecule has 0 fully saturated rings. The van der Waals surface area contributed by atoms with Crippen molar-refractivity contribution in [2.45, 2.75) is 38.5 Å². The number of nitrogens with one attached hydrogen (secondary N) is 2. The standard InChI is InChI=1S/C10H24N2O2S2/c1-5-11-8-10(3)16(13,14)12-9(2)6-7-15-4/h9-12H,5-8H2,1-4H3. The van der Waals surface area contributed by atoms with E-state index in [1.54, 1.807) is 18.7 Å². The fourth-order valence-electron chi connectivity index (χ4n) is 1.21. The molecule has 0 radical (unpaired) electrons. The number of rotatable bonds is 9. The molecule has 16 heavy (non-hydrogen) atoms. The molecule has 4 nitrogen and oxygen atoms in total. The molecule has 0 rings (SSSR count). The van der Waals surface area contributed by atoms with Crippen LogP contribution in [0.2, 0.25) is 0 Å². The van der Waals surface area contributed by atoms with Crippen LogP contribution in [0, 0.1) is 0 Å². The summed E-state index contributed by atoms with van der Waals surface area (Å²) in [5, 5.41) is 2.66. The van der Waals surface area contributed by atoms with Gasteiger partial charge in [0, 0.05) is 12.6 Å². The zero-order valence-corrected chi connectivity index (χ0v) is 12.2. The predicted octanol–water partition coefficient (Wildman–Crippen LogP) is 1.05. The minimum atomic E-state index is -3.18. The normalized spacial score (nSPS) is 16.0. The lowest BCUT2D eigenvalue weighted by Crippen LogP contribution is -2.42. The zero-order valence-electron chi connectivity index (χ0n) is 10.6. The van der Waals surface area contributed by atoms with Crippen molar-refractivity contribution >= 4 is 21.8 Å². The van der Waals surface area contributed by atoms with E-state index in [-0.39, 0.29) is 11.3 Å². The Bertz CT molecular complexity index is 268. The van der Waals surface area contributed by atoms with Gasteiger partial charge in [0.15, 0.2) is 0 Å². The highest BCUT2D eigenvalue weighted by Gasteiger charge is 2.21. The van der Waals surface area contributed by atoms with E-state index in [0.717, 1.165) is 18.7 Å². The summed E-state index contributed by atoms with van der Waals surface area (Å²) >= 11 is 1.73. The highest BCUT2D eigenvalue weighted by atomic mass is 32.2. The fourth-order valence-corrected chi connectivity index (χ4v) is 3.04. The first-order valence-electron chi connectivity index (χ1n) is 5.64. The maximum absolute atomic E-state index is 11.9. The van der Waals surface area contributed by atoms with Crippen LogP contribution in [-0.4, -0.2) is 44.8 Å². The average molecular weight is 268 g/mol. The molecule has 0 saturated carbocycles. The van der Waals surface area contributed by atoms with E-state index >= 15 is 0 Å². The number of hydrogen-bond donors (Lipinski definition) is 2. The second-order valence-corrected chi connectivity index (χ2v) is 7.08. The molecule has 0 aromatic heterocycles. The molecule has 0 spiro atoms. The van der Waals surface area contributed by atoms with Crippen LogP contribution in [0.4, 0.5) is 0 Å². The Balaban J connectivity index is 4.11. The second kappa shape index (κ2) is 8.33. The predicted molar refractivity (Wildman–Crippen MR) is 72.5 cm³/mol. The van der Waals surface area contributed by atoms with E-state index in [4.69, 9.17) is 0 Å². The van der Waals surface area contributed by atoms with Crippen molar-refractivity contribution in [3.05, 3.63) is 0 Å². The van der Waals surface area contributed by atoms with Crippen molar-refractivity contribution in [3.8, 4) is 0 Å². The Morgan fingerprint density at radius 3 is 2.44 bits per heavy atom. The molecule has 0 aliphatic rings. The Morgan fingerprint density at radius 1 is 1.31 bits per heavy atom. The first-order valence-corrected chi connectivity index (χ1v) is 8.58.